The second kappa shape index (κ2) is 14.8. The van der Waals surface area contributed by atoms with Crippen molar-refractivity contribution in [3.05, 3.63) is 100 Å². The van der Waals surface area contributed by atoms with Gasteiger partial charge in [-0.3, -0.25) is 19.5 Å². The number of carbonyl (C=O) groups excluding carboxylic acids is 1. The molecule has 3 heterocycles. The smallest absolute Gasteiger partial charge is 0.490 e. The number of amides is 1. The van der Waals surface area contributed by atoms with Crippen LogP contribution in [0.25, 0.3) is 22.0 Å². The van der Waals surface area contributed by atoms with Gasteiger partial charge in [0.2, 0.25) is 0 Å². The van der Waals surface area contributed by atoms with Gasteiger partial charge in [0.25, 0.3) is 11.5 Å². The lowest BCUT2D eigenvalue weighted by Gasteiger charge is -2.34. The zero-order valence-corrected chi connectivity index (χ0v) is 27.0. The van der Waals surface area contributed by atoms with Gasteiger partial charge < -0.3 is 19.6 Å². The number of carboxylic acids is 1. The Bertz CT molecular complexity index is 2000. The van der Waals surface area contributed by atoms with Gasteiger partial charge in [-0.15, -0.1) is 11.3 Å². The maximum atomic E-state index is 15.3. The predicted molar refractivity (Wildman–Crippen MR) is 177 cm³/mol. The van der Waals surface area contributed by atoms with Crippen LogP contribution in [0.5, 0.6) is 5.75 Å². The van der Waals surface area contributed by atoms with Crippen LogP contribution in [-0.4, -0.2) is 82.9 Å². The second-order valence-corrected chi connectivity index (χ2v) is 11.8. The van der Waals surface area contributed by atoms with Crippen LogP contribution in [0, 0.1) is 5.82 Å². The summed E-state index contributed by atoms with van der Waals surface area (Å²) in [5.74, 6) is -3.95. The van der Waals surface area contributed by atoms with Crippen LogP contribution >= 0.6 is 11.3 Å². The molecule has 3 aromatic carbocycles. The van der Waals surface area contributed by atoms with E-state index in [1.807, 2.05) is 18.2 Å². The molecule has 2 N–H and O–H groups in total. The standard InChI is InChI=1S/C31H29FN6O3S.C2HF3O2/c1-36-13-15-37(16-14-36)22-9-6-20(7-10-22)21-8-11-25-23(18-21)30(40)38(19-34-25)28(29(39)35-31-33-12-17-42-31)27-24(32)4-3-5-26(27)41-2;3-2(4,5)1(6)7/h3-12,17-19,28H,13-16H2,1-2H3,(H,33,35,39);(H,6,7). The zero-order valence-electron chi connectivity index (χ0n) is 26.1. The maximum Gasteiger partial charge on any atom is 0.490 e. The number of halogens is 4. The molecule has 2 aromatic heterocycles. The molecule has 6 rings (SSSR count). The number of anilines is 2. The van der Waals surface area contributed by atoms with Crippen molar-refractivity contribution in [2.24, 2.45) is 0 Å². The molecule has 1 amide bonds. The topological polar surface area (TPSA) is 130 Å². The number of hydrogen-bond donors (Lipinski definition) is 2. The van der Waals surface area contributed by atoms with E-state index in [0.717, 1.165) is 47.6 Å². The highest BCUT2D eigenvalue weighted by atomic mass is 32.1. The van der Waals surface area contributed by atoms with Gasteiger partial charge in [-0.1, -0.05) is 24.3 Å². The number of alkyl halides is 3. The monoisotopic (exact) mass is 698 g/mol. The number of hydrogen-bond acceptors (Lipinski definition) is 9. The van der Waals surface area contributed by atoms with E-state index in [1.54, 1.807) is 29.8 Å². The molecular weight excluding hydrogens is 668 g/mol. The van der Waals surface area contributed by atoms with Gasteiger partial charge in [0.05, 0.1) is 29.9 Å². The number of benzene rings is 3. The number of fused-ring (bicyclic) bond motifs is 1. The van der Waals surface area contributed by atoms with Crippen LogP contribution in [0.4, 0.5) is 28.4 Å². The Morgan fingerprint density at radius 2 is 1.67 bits per heavy atom. The van der Waals surface area contributed by atoms with Crippen LogP contribution in [-0.2, 0) is 9.59 Å². The Morgan fingerprint density at radius 1 is 1.00 bits per heavy atom. The fraction of sp³-hybridized carbons (Fsp3) is 0.242. The van der Waals surface area contributed by atoms with Gasteiger partial charge in [0.1, 0.15) is 17.6 Å². The number of rotatable bonds is 7. The molecule has 16 heteroatoms. The molecule has 1 saturated heterocycles. The first-order valence-electron chi connectivity index (χ1n) is 14.7. The van der Waals surface area contributed by atoms with E-state index < -0.39 is 35.5 Å². The summed E-state index contributed by atoms with van der Waals surface area (Å²) in [4.78, 5) is 49.8. The van der Waals surface area contributed by atoms with Crippen LogP contribution in [0.15, 0.2) is 83.4 Å². The van der Waals surface area contributed by atoms with Crippen LogP contribution in [0.2, 0.25) is 0 Å². The molecular formula is C33H30F4N6O5S. The predicted octanol–water partition coefficient (Wildman–Crippen LogP) is 5.28. The number of nitrogens with zero attached hydrogens (tertiary/aromatic N) is 5. The Hall–Kier alpha value is -5.35. The second-order valence-electron chi connectivity index (χ2n) is 10.9. The van der Waals surface area contributed by atoms with E-state index in [2.05, 4.69) is 44.3 Å². The average molecular weight is 699 g/mol. The third-order valence-electron chi connectivity index (χ3n) is 7.79. The number of carboxylic acid groups (broad SMARTS) is 1. The summed E-state index contributed by atoms with van der Waals surface area (Å²) in [7, 11) is 3.52. The molecule has 0 saturated carbocycles. The fourth-order valence-electron chi connectivity index (χ4n) is 5.24. The third kappa shape index (κ3) is 8.04. The molecule has 1 unspecified atom stereocenters. The van der Waals surface area contributed by atoms with Crippen molar-refractivity contribution >= 4 is 44.9 Å². The molecule has 1 fully saturated rings. The summed E-state index contributed by atoms with van der Waals surface area (Å²) in [6, 6.07) is 16.6. The van der Waals surface area contributed by atoms with Crippen molar-refractivity contribution in [2.75, 3.05) is 50.6 Å². The van der Waals surface area contributed by atoms with E-state index in [-0.39, 0.29) is 11.3 Å². The van der Waals surface area contributed by atoms with Gasteiger partial charge in [0, 0.05) is 43.4 Å². The highest BCUT2D eigenvalue weighted by Crippen LogP contribution is 2.32. The molecule has 0 aliphatic carbocycles. The first-order chi connectivity index (χ1) is 23.4. The largest absolute Gasteiger partial charge is 0.496 e. The average Bonchev–Trinajstić information content (AvgIpc) is 3.60. The molecule has 1 aliphatic rings. The third-order valence-corrected chi connectivity index (χ3v) is 8.48. The van der Waals surface area contributed by atoms with E-state index in [9.17, 15) is 22.8 Å². The fourth-order valence-corrected chi connectivity index (χ4v) is 5.78. The number of ether oxygens (including phenoxy) is 1. The van der Waals surface area contributed by atoms with Crippen molar-refractivity contribution in [3.8, 4) is 16.9 Å². The minimum atomic E-state index is -5.08. The highest BCUT2D eigenvalue weighted by Gasteiger charge is 2.38. The Morgan fingerprint density at radius 3 is 2.29 bits per heavy atom. The number of thiazole rings is 1. The van der Waals surface area contributed by atoms with E-state index in [0.29, 0.717) is 16.0 Å². The quantitative estimate of drug-likeness (QED) is 0.218. The molecule has 256 valence electrons. The Kier molecular flexibility index (Phi) is 10.6. The van der Waals surface area contributed by atoms with Crippen LogP contribution in [0.1, 0.15) is 11.6 Å². The Labute approximate surface area is 281 Å². The summed E-state index contributed by atoms with van der Waals surface area (Å²) < 4.78 is 53.6. The molecule has 0 bridgehead atoms. The van der Waals surface area contributed by atoms with Crippen molar-refractivity contribution in [1.29, 1.82) is 0 Å². The van der Waals surface area contributed by atoms with Crippen LogP contribution in [0.3, 0.4) is 0 Å². The van der Waals surface area contributed by atoms with Gasteiger partial charge in [-0.25, -0.2) is 19.2 Å². The summed E-state index contributed by atoms with van der Waals surface area (Å²) in [5, 5.41) is 12.2. The van der Waals surface area contributed by atoms with Crippen LogP contribution < -0.4 is 20.5 Å². The SMILES string of the molecule is COc1cccc(F)c1C(C(=O)Nc1nccs1)n1cnc2ccc(-c3ccc(N4CCN(C)CC4)cc3)cc2c1=O.O=C(O)C(F)(F)F. The summed E-state index contributed by atoms with van der Waals surface area (Å²) >= 11 is 1.21. The van der Waals surface area contributed by atoms with Crippen molar-refractivity contribution < 1.29 is 37.0 Å². The summed E-state index contributed by atoms with van der Waals surface area (Å²) in [6.07, 6.45) is -2.27. The molecule has 11 nitrogen and oxygen atoms in total. The molecule has 0 spiro atoms. The summed E-state index contributed by atoms with van der Waals surface area (Å²) in [6.45, 7) is 3.99. The lowest BCUT2D eigenvalue weighted by molar-refractivity contribution is -0.192. The number of methoxy groups -OCH3 is 1. The Balaban J connectivity index is 0.000000606. The van der Waals surface area contributed by atoms with Gasteiger partial charge in [0.15, 0.2) is 5.13 Å². The van der Waals surface area contributed by atoms with E-state index in [1.165, 1.54) is 36.9 Å². The molecule has 1 aliphatic heterocycles. The number of nitrogens with one attached hydrogen (secondary N) is 1. The van der Waals surface area contributed by atoms with Gasteiger partial charge >= 0.3 is 12.1 Å². The molecule has 1 atom stereocenters. The van der Waals surface area contributed by atoms with Crippen molar-refractivity contribution in [3.63, 3.8) is 0 Å². The lowest BCUT2D eigenvalue weighted by atomic mass is 10.0. The maximum absolute atomic E-state index is 15.3. The summed E-state index contributed by atoms with van der Waals surface area (Å²) in [5.41, 5.74) is 2.83. The number of aliphatic carboxylic acids is 1. The van der Waals surface area contributed by atoms with E-state index >= 15 is 4.39 Å². The molecule has 0 radical (unpaired) electrons. The van der Waals surface area contributed by atoms with E-state index in [4.69, 9.17) is 14.6 Å². The van der Waals surface area contributed by atoms with Crippen molar-refractivity contribution in [1.82, 2.24) is 19.4 Å². The van der Waals surface area contributed by atoms with Crippen molar-refractivity contribution in [2.45, 2.75) is 12.2 Å². The first kappa shape index (κ1) is 35.0. The number of carbonyl (C=O) groups is 2. The van der Waals surface area contributed by atoms with Gasteiger partial charge in [-0.2, -0.15) is 13.2 Å². The minimum Gasteiger partial charge on any atom is -0.496 e. The lowest BCUT2D eigenvalue weighted by Crippen LogP contribution is -2.44. The molecule has 49 heavy (non-hydrogen) atoms. The van der Waals surface area contributed by atoms with Gasteiger partial charge in [-0.05, 0) is 54.6 Å². The highest BCUT2D eigenvalue weighted by molar-refractivity contribution is 7.13. The zero-order chi connectivity index (χ0) is 35.3. The number of piperazine rings is 1. The minimum absolute atomic E-state index is 0.0760. The first-order valence-corrected chi connectivity index (χ1v) is 15.6. The normalized spacial score (nSPS) is 14.1. The number of aromatic nitrogens is 3. The number of likely N-dealkylation sites (N-methyl/N-ethyl adjacent to an activating group) is 1. The molecule has 5 aromatic rings.